The molecular formula is C17H24F3N3O. The van der Waals surface area contributed by atoms with Gasteiger partial charge in [0.1, 0.15) is 0 Å². The van der Waals surface area contributed by atoms with Crippen molar-refractivity contribution in [1.29, 1.82) is 0 Å². The zero-order valence-electron chi connectivity index (χ0n) is 13.9. The van der Waals surface area contributed by atoms with Gasteiger partial charge in [-0.3, -0.25) is 0 Å². The summed E-state index contributed by atoms with van der Waals surface area (Å²) < 4.78 is 38.4. The van der Waals surface area contributed by atoms with Crippen LogP contribution in [-0.4, -0.2) is 43.7 Å². The average molecular weight is 343 g/mol. The van der Waals surface area contributed by atoms with Crippen LogP contribution in [0, 0.1) is 0 Å². The van der Waals surface area contributed by atoms with Gasteiger partial charge in [-0.05, 0) is 24.6 Å². The number of nitrogens with one attached hydrogen (secondary N) is 1. The predicted octanol–water partition coefficient (Wildman–Crippen LogP) is 3.73. The third-order valence-corrected chi connectivity index (χ3v) is 4.16. The molecule has 1 aliphatic rings. The van der Waals surface area contributed by atoms with Gasteiger partial charge in [-0.25, -0.2) is 4.79 Å². The Morgan fingerprint density at radius 1 is 1.17 bits per heavy atom. The smallest absolute Gasteiger partial charge is 0.368 e. The van der Waals surface area contributed by atoms with E-state index in [1.807, 2.05) is 4.90 Å². The van der Waals surface area contributed by atoms with Crippen LogP contribution in [0.25, 0.3) is 0 Å². The Labute approximate surface area is 140 Å². The fourth-order valence-electron chi connectivity index (χ4n) is 2.73. The van der Waals surface area contributed by atoms with Gasteiger partial charge in [0, 0.05) is 38.4 Å². The normalized spacial score (nSPS) is 15.5. The van der Waals surface area contributed by atoms with Gasteiger partial charge in [-0.1, -0.05) is 25.8 Å². The second kappa shape index (κ2) is 8.26. The third kappa shape index (κ3) is 5.04. The molecule has 1 aromatic carbocycles. The number of urea groups is 1. The van der Waals surface area contributed by atoms with Gasteiger partial charge in [0.2, 0.25) is 0 Å². The van der Waals surface area contributed by atoms with E-state index in [1.54, 1.807) is 11.0 Å². The van der Waals surface area contributed by atoms with Crippen molar-refractivity contribution in [2.45, 2.75) is 32.4 Å². The minimum Gasteiger partial charge on any atom is -0.368 e. The van der Waals surface area contributed by atoms with Gasteiger partial charge in [0.05, 0.1) is 5.56 Å². The van der Waals surface area contributed by atoms with Gasteiger partial charge in [-0.15, -0.1) is 0 Å². The van der Waals surface area contributed by atoms with Crippen LogP contribution in [0.3, 0.4) is 0 Å². The summed E-state index contributed by atoms with van der Waals surface area (Å²) in [5.74, 6) is 0. The molecule has 0 aromatic heterocycles. The molecule has 4 nitrogen and oxygen atoms in total. The molecule has 0 unspecified atom stereocenters. The van der Waals surface area contributed by atoms with E-state index < -0.39 is 11.7 Å². The summed E-state index contributed by atoms with van der Waals surface area (Å²) in [5.41, 5.74) is -0.0936. The van der Waals surface area contributed by atoms with Crippen LogP contribution in [0.4, 0.5) is 23.7 Å². The maximum Gasteiger partial charge on any atom is 0.416 e. The van der Waals surface area contributed by atoms with Gasteiger partial charge in [0.25, 0.3) is 0 Å². The molecule has 1 saturated heterocycles. The largest absolute Gasteiger partial charge is 0.416 e. The Morgan fingerprint density at radius 2 is 1.88 bits per heavy atom. The van der Waals surface area contributed by atoms with E-state index in [0.717, 1.165) is 25.3 Å². The second-order valence-electron chi connectivity index (χ2n) is 5.96. The highest BCUT2D eigenvalue weighted by Gasteiger charge is 2.31. The van der Waals surface area contributed by atoms with Gasteiger partial charge >= 0.3 is 12.2 Å². The fraction of sp³-hybridized carbons (Fsp3) is 0.588. The van der Waals surface area contributed by atoms with Crippen LogP contribution >= 0.6 is 0 Å². The minimum atomic E-state index is -4.34. The molecule has 134 valence electrons. The van der Waals surface area contributed by atoms with Crippen molar-refractivity contribution >= 4 is 11.7 Å². The first kappa shape index (κ1) is 18.4. The van der Waals surface area contributed by atoms with Crippen molar-refractivity contribution in [2.24, 2.45) is 0 Å². The molecule has 0 aliphatic carbocycles. The summed E-state index contributed by atoms with van der Waals surface area (Å²) in [6.45, 7) is 4.86. The number of amides is 2. The van der Waals surface area contributed by atoms with E-state index in [-0.39, 0.29) is 6.03 Å². The maximum absolute atomic E-state index is 12.8. The Morgan fingerprint density at radius 3 is 2.50 bits per heavy atom. The van der Waals surface area contributed by atoms with Crippen molar-refractivity contribution in [3.63, 3.8) is 0 Å². The lowest BCUT2D eigenvalue weighted by molar-refractivity contribution is -0.137. The number of halogens is 3. The minimum absolute atomic E-state index is 0.0882. The highest BCUT2D eigenvalue weighted by Crippen LogP contribution is 2.31. The number of hydrogen-bond acceptors (Lipinski definition) is 2. The molecule has 2 amide bonds. The van der Waals surface area contributed by atoms with Crippen molar-refractivity contribution in [3.05, 3.63) is 29.8 Å². The monoisotopic (exact) mass is 343 g/mol. The van der Waals surface area contributed by atoms with E-state index in [2.05, 4.69) is 12.2 Å². The number of hydrogen-bond donors (Lipinski definition) is 1. The molecule has 0 radical (unpaired) electrons. The van der Waals surface area contributed by atoms with Gasteiger partial charge in [-0.2, -0.15) is 13.2 Å². The molecule has 1 aromatic rings. The first-order valence-corrected chi connectivity index (χ1v) is 8.37. The Hall–Kier alpha value is -1.92. The van der Waals surface area contributed by atoms with Crippen molar-refractivity contribution in [1.82, 2.24) is 10.2 Å². The third-order valence-electron chi connectivity index (χ3n) is 4.16. The van der Waals surface area contributed by atoms with Crippen LogP contribution in [0.1, 0.15) is 31.7 Å². The lowest BCUT2D eigenvalue weighted by Crippen LogP contribution is -2.52. The summed E-state index contributed by atoms with van der Waals surface area (Å²) in [4.78, 5) is 15.6. The van der Waals surface area contributed by atoms with Crippen LogP contribution in [0.5, 0.6) is 0 Å². The molecule has 7 heteroatoms. The molecule has 0 atom stereocenters. The molecule has 24 heavy (non-hydrogen) atoms. The topological polar surface area (TPSA) is 35.6 Å². The molecule has 2 rings (SSSR count). The molecule has 1 fully saturated rings. The highest BCUT2D eigenvalue weighted by atomic mass is 19.4. The van der Waals surface area contributed by atoms with Gasteiger partial charge < -0.3 is 15.1 Å². The first-order valence-electron chi connectivity index (χ1n) is 8.37. The Bertz CT molecular complexity index is 540. The number of alkyl halides is 3. The number of piperazine rings is 1. The van der Waals surface area contributed by atoms with E-state index in [9.17, 15) is 18.0 Å². The second-order valence-corrected chi connectivity index (χ2v) is 5.96. The quantitative estimate of drug-likeness (QED) is 0.827. The van der Waals surface area contributed by atoms with Crippen LogP contribution in [0.15, 0.2) is 24.3 Å². The molecular weight excluding hydrogens is 319 g/mol. The molecule has 1 heterocycles. The number of nitrogens with zero attached hydrogens (tertiary/aromatic N) is 2. The Balaban J connectivity index is 1.85. The summed E-state index contributed by atoms with van der Waals surface area (Å²) >= 11 is 0. The highest BCUT2D eigenvalue weighted by molar-refractivity contribution is 5.74. The lowest BCUT2D eigenvalue weighted by Gasteiger charge is -2.36. The zero-order chi connectivity index (χ0) is 17.6. The number of carbonyl (C=O) groups is 1. The van der Waals surface area contributed by atoms with E-state index >= 15 is 0 Å². The van der Waals surface area contributed by atoms with Gasteiger partial charge in [0.15, 0.2) is 0 Å². The molecule has 0 spiro atoms. The molecule has 1 aliphatic heterocycles. The first-order chi connectivity index (χ1) is 11.4. The van der Waals surface area contributed by atoms with E-state index in [0.29, 0.717) is 38.4 Å². The lowest BCUT2D eigenvalue weighted by atomic mass is 10.1. The zero-order valence-corrected chi connectivity index (χ0v) is 13.9. The van der Waals surface area contributed by atoms with Crippen molar-refractivity contribution in [2.75, 3.05) is 37.6 Å². The van der Waals surface area contributed by atoms with Crippen molar-refractivity contribution in [3.8, 4) is 0 Å². The Kier molecular flexibility index (Phi) is 6.34. The van der Waals surface area contributed by atoms with Crippen LogP contribution in [-0.2, 0) is 6.18 Å². The van der Waals surface area contributed by atoms with Crippen molar-refractivity contribution < 1.29 is 18.0 Å². The number of unbranched alkanes of at least 4 members (excludes halogenated alkanes) is 2. The standard InChI is InChI=1S/C17H24F3N3O/c1-2-3-4-8-21-16(24)23-11-9-22(10-12-23)15-7-5-6-14(13-15)17(18,19)20/h5-7,13H,2-4,8-12H2,1H3,(H,21,24). The molecule has 0 saturated carbocycles. The maximum atomic E-state index is 12.8. The molecule has 1 N–H and O–H groups in total. The number of anilines is 1. The predicted molar refractivity (Wildman–Crippen MR) is 88.2 cm³/mol. The fourth-order valence-corrected chi connectivity index (χ4v) is 2.73. The van der Waals surface area contributed by atoms with Crippen LogP contribution < -0.4 is 10.2 Å². The summed E-state index contributed by atoms with van der Waals surface area (Å²) in [6.07, 6.45) is -1.18. The summed E-state index contributed by atoms with van der Waals surface area (Å²) in [6, 6.07) is 5.25. The SMILES string of the molecule is CCCCCNC(=O)N1CCN(c2cccc(C(F)(F)F)c2)CC1. The number of carbonyl (C=O) groups excluding carboxylic acids is 1. The summed E-state index contributed by atoms with van der Waals surface area (Å²) in [5, 5.41) is 2.89. The summed E-state index contributed by atoms with van der Waals surface area (Å²) in [7, 11) is 0. The van der Waals surface area contributed by atoms with Crippen LogP contribution in [0.2, 0.25) is 0 Å². The van der Waals surface area contributed by atoms with E-state index in [4.69, 9.17) is 0 Å². The number of rotatable bonds is 5. The molecule has 0 bridgehead atoms. The average Bonchev–Trinajstić information content (AvgIpc) is 2.58. The number of benzene rings is 1. The van der Waals surface area contributed by atoms with E-state index in [1.165, 1.54) is 12.1 Å².